The Labute approximate surface area is 125 Å². The third-order valence-electron chi connectivity index (χ3n) is 3.32. The first-order chi connectivity index (χ1) is 9.70. The lowest BCUT2D eigenvalue weighted by atomic mass is 9.96. The highest BCUT2D eigenvalue weighted by molar-refractivity contribution is 9.11. The van der Waals surface area contributed by atoms with E-state index >= 15 is 0 Å². The summed E-state index contributed by atoms with van der Waals surface area (Å²) in [5, 5.41) is 0. The first kappa shape index (κ1) is 13.3. The molecule has 0 saturated carbocycles. The Morgan fingerprint density at radius 1 is 1.35 bits per heavy atom. The van der Waals surface area contributed by atoms with Crippen molar-refractivity contribution in [2.24, 2.45) is 0 Å². The van der Waals surface area contributed by atoms with Gasteiger partial charge in [0.05, 0.1) is 5.69 Å². The number of hydrogen-bond donors (Lipinski definition) is 0. The van der Waals surface area contributed by atoms with Gasteiger partial charge in [0, 0.05) is 33.4 Å². The first-order valence-corrected chi connectivity index (χ1v) is 7.25. The molecule has 2 heterocycles. The van der Waals surface area contributed by atoms with Crippen molar-refractivity contribution in [3.05, 3.63) is 63.6 Å². The lowest BCUT2D eigenvalue weighted by Gasteiger charge is -2.12. The van der Waals surface area contributed by atoms with Gasteiger partial charge < -0.3 is 4.74 Å². The second-order valence-corrected chi connectivity index (χ2v) is 5.52. The van der Waals surface area contributed by atoms with Gasteiger partial charge in [-0.05, 0) is 24.6 Å². The topological polar surface area (TPSA) is 22.1 Å². The van der Waals surface area contributed by atoms with Gasteiger partial charge in [0.15, 0.2) is 0 Å². The monoisotopic (exact) mass is 333 g/mol. The van der Waals surface area contributed by atoms with Crippen LogP contribution in [0.1, 0.15) is 30.2 Å². The standard InChI is InChI=1S/C16H13BrFNO/c1-2-13(17)16-11-4-3-7-19-14(11)9-20-15-8-10(18)5-6-12(15)16/h3-8H,2,9H2,1H3/b16-13+. The lowest BCUT2D eigenvalue weighted by molar-refractivity contribution is 0.301. The average Bonchev–Trinajstić information content (AvgIpc) is 2.63. The molecule has 1 aliphatic rings. The fraction of sp³-hybridized carbons (Fsp3) is 0.188. The molecule has 0 aliphatic carbocycles. The van der Waals surface area contributed by atoms with E-state index in [0.29, 0.717) is 12.4 Å². The summed E-state index contributed by atoms with van der Waals surface area (Å²) in [6.45, 7) is 2.42. The fourth-order valence-corrected chi connectivity index (χ4v) is 2.79. The smallest absolute Gasteiger partial charge is 0.131 e. The van der Waals surface area contributed by atoms with Crippen molar-refractivity contribution in [1.29, 1.82) is 0 Å². The minimum absolute atomic E-state index is 0.297. The van der Waals surface area contributed by atoms with E-state index in [1.54, 1.807) is 12.3 Å². The van der Waals surface area contributed by atoms with Crippen LogP contribution in [0.2, 0.25) is 0 Å². The minimum atomic E-state index is -0.297. The molecule has 0 bridgehead atoms. The van der Waals surface area contributed by atoms with Gasteiger partial charge >= 0.3 is 0 Å². The molecule has 1 aromatic carbocycles. The maximum atomic E-state index is 13.4. The summed E-state index contributed by atoms with van der Waals surface area (Å²) < 4.78 is 20.2. The molecule has 0 amide bonds. The Balaban J connectivity index is 2.31. The molecule has 0 fully saturated rings. The van der Waals surface area contributed by atoms with Gasteiger partial charge in [-0.3, -0.25) is 4.98 Å². The Hall–Kier alpha value is -1.68. The van der Waals surface area contributed by atoms with Crippen LogP contribution >= 0.6 is 15.9 Å². The quantitative estimate of drug-likeness (QED) is 0.756. The summed E-state index contributed by atoms with van der Waals surface area (Å²) in [6.07, 6.45) is 2.59. The van der Waals surface area contributed by atoms with Crippen LogP contribution in [0.25, 0.3) is 5.57 Å². The molecule has 20 heavy (non-hydrogen) atoms. The average molecular weight is 334 g/mol. The number of rotatable bonds is 1. The van der Waals surface area contributed by atoms with Crippen LogP contribution in [0.3, 0.4) is 0 Å². The number of pyridine rings is 1. The van der Waals surface area contributed by atoms with Gasteiger partial charge in [0.2, 0.25) is 0 Å². The summed E-state index contributed by atoms with van der Waals surface area (Å²) in [7, 11) is 0. The highest BCUT2D eigenvalue weighted by atomic mass is 79.9. The van der Waals surface area contributed by atoms with E-state index in [0.717, 1.165) is 33.3 Å². The number of benzene rings is 1. The van der Waals surface area contributed by atoms with E-state index in [4.69, 9.17) is 4.74 Å². The third kappa shape index (κ3) is 2.24. The van der Waals surface area contributed by atoms with Gasteiger partial charge in [-0.25, -0.2) is 4.39 Å². The van der Waals surface area contributed by atoms with Gasteiger partial charge in [-0.1, -0.05) is 28.9 Å². The van der Waals surface area contributed by atoms with Gasteiger partial charge in [0.1, 0.15) is 18.2 Å². The van der Waals surface area contributed by atoms with Gasteiger partial charge in [0.25, 0.3) is 0 Å². The van der Waals surface area contributed by atoms with E-state index < -0.39 is 0 Å². The van der Waals surface area contributed by atoms with E-state index in [1.165, 1.54) is 12.1 Å². The van der Waals surface area contributed by atoms with Crippen LogP contribution in [0, 0.1) is 5.82 Å². The predicted molar refractivity (Wildman–Crippen MR) is 80.2 cm³/mol. The second kappa shape index (κ2) is 5.37. The normalized spacial score (nSPS) is 15.8. The Morgan fingerprint density at radius 3 is 3.00 bits per heavy atom. The third-order valence-corrected chi connectivity index (χ3v) is 4.28. The minimum Gasteiger partial charge on any atom is -0.487 e. The Bertz CT molecular complexity index is 697. The molecule has 0 N–H and O–H groups in total. The number of hydrogen-bond acceptors (Lipinski definition) is 2. The molecule has 0 radical (unpaired) electrons. The van der Waals surface area contributed by atoms with E-state index in [1.807, 2.05) is 12.1 Å². The van der Waals surface area contributed by atoms with E-state index in [-0.39, 0.29) is 5.82 Å². The Kier molecular flexibility index (Phi) is 3.57. The summed E-state index contributed by atoms with van der Waals surface area (Å²) >= 11 is 3.63. The maximum absolute atomic E-state index is 13.4. The zero-order chi connectivity index (χ0) is 14.1. The molecule has 2 nitrogen and oxygen atoms in total. The van der Waals surface area contributed by atoms with Crippen LogP contribution in [0.5, 0.6) is 5.75 Å². The molecule has 3 rings (SSSR count). The van der Waals surface area contributed by atoms with Crippen LogP contribution in [-0.2, 0) is 6.61 Å². The van der Waals surface area contributed by atoms with Crippen molar-refractivity contribution in [2.75, 3.05) is 0 Å². The Morgan fingerprint density at radius 2 is 2.20 bits per heavy atom. The highest BCUT2D eigenvalue weighted by Crippen LogP contribution is 2.40. The SMILES string of the molecule is CC/C(Br)=C1\c2ccc(F)cc2OCc2ncccc21. The second-order valence-electron chi connectivity index (χ2n) is 4.56. The van der Waals surface area contributed by atoms with E-state index in [2.05, 4.69) is 27.8 Å². The van der Waals surface area contributed by atoms with E-state index in [9.17, 15) is 4.39 Å². The molecule has 4 heteroatoms. The van der Waals surface area contributed by atoms with Crippen molar-refractivity contribution in [3.63, 3.8) is 0 Å². The number of aromatic nitrogens is 1. The summed E-state index contributed by atoms with van der Waals surface area (Å²) in [5.74, 6) is 0.262. The first-order valence-electron chi connectivity index (χ1n) is 6.46. The van der Waals surface area contributed by atoms with Crippen LogP contribution in [0.15, 0.2) is 41.0 Å². The molecular weight excluding hydrogens is 321 g/mol. The van der Waals surface area contributed by atoms with Crippen LogP contribution in [-0.4, -0.2) is 4.98 Å². The summed E-state index contributed by atoms with van der Waals surface area (Å²) in [4.78, 5) is 4.38. The van der Waals surface area contributed by atoms with Crippen molar-refractivity contribution in [3.8, 4) is 5.75 Å². The molecule has 0 saturated heterocycles. The molecule has 0 atom stereocenters. The fourth-order valence-electron chi connectivity index (χ4n) is 2.36. The predicted octanol–water partition coefficient (Wildman–Crippen LogP) is 4.68. The van der Waals surface area contributed by atoms with Crippen LogP contribution < -0.4 is 4.74 Å². The summed E-state index contributed by atoms with van der Waals surface area (Å²) in [6, 6.07) is 8.58. The number of nitrogens with zero attached hydrogens (tertiary/aromatic N) is 1. The summed E-state index contributed by atoms with van der Waals surface area (Å²) in [5.41, 5.74) is 3.83. The molecule has 0 unspecified atom stereocenters. The number of fused-ring (bicyclic) bond motifs is 2. The molecule has 1 aromatic heterocycles. The van der Waals surface area contributed by atoms with Gasteiger partial charge in [-0.2, -0.15) is 0 Å². The number of ether oxygens (including phenoxy) is 1. The largest absolute Gasteiger partial charge is 0.487 e. The molecule has 102 valence electrons. The van der Waals surface area contributed by atoms with Crippen LogP contribution in [0.4, 0.5) is 4.39 Å². The highest BCUT2D eigenvalue weighted by Gasteiger charge is 2.22. The number of halogens is 2. The lowest BCUT2D eigenvalue weighted by Crippen LogP contribution is -1.98. The van der Waals surface area contributed by atoms with Crippen molar-refractivity contribution >= 4 is 21.5 Å². The maximum Gasteiger partial charge on any atom is 0.131 e. The van der Waals surface area contributed by atoms with Crippen molar-refractivity contribution in [2.45, 2.75) is 20.0 Å². The van der Waals surface area contributed by atoms with Gasteiger partial charge in [-0.15, -0.1) is 0 Å². The molecule has 0 spiro atoms. The zero-order valence-electron chi connectivity index (χ0n) is 11.0. The molecule has 1 aliphatic heterocycles. The molecular formula is C16H13BrFNO. The van der Waals surface area contributed by atoms with Crippen molar-refractivity contribution in [1.82, 2.24) is 4.98 Å². The van der Waals surface area contributed by atoms with Crippen molar-refractivity contribution < 1.29 is 9.13 Å². The molecule has 2 aromatic rings. The zero-order valence-corrected chi connectivity index (χ0v) is 12.6. The number of allylic oxidation sites excluding steroid dienone is 1.